The second kappa shape index (κ2) is 18.2. The number of aliphatic hydroxyl groups excluding tert-OH is 3. The number of unbranched alkanes of at least 4 members (excludes halogenated alkanes) is 2. The van der Waals surface area contributed by atoms with E-state index in [2.05, 4.69) is 27.2 Å². The van der Waals surface area contributed by atoms with Gasteiger partial charge in [-0.3, -0.25) is 9.36 Å². The lowest BCUT2D eigenvalue weighted by molar-refractivity contribution is -0.245. The van der Waals surface area contributed by atoms with Crippen LogP contribution in [0, 0.1) is 34.5 Å². The molecule has 4 aliphatic carbocycles. The van der Waals surface area contributed by atoms with Crippen LogP contribution in [0.5, 0.6) is 0 Å². The third-order valence-corrected chi connectivity index (χ3v) is 17.2. The number of aliphatic carboxylic acids is 1. The van der Waals surface area contributed by atoms with Crippen molar-refractivity contribution < 1.29 is 54.1 Å². The highest BCUT2D eigenvalue weighted by molar-refractivity contribution is 7.99. The van der Waals surface area contributed by atoms with Crippen LogP contribution < -0.4 is 11.1 Å². The molecule has 0 spiro atoms. The lowest BCUT2D eigenvalue weighted by atomic mass is 9.42. The van der Waals surface area contributed by atoms with Gasteiger partial charge < -0.3 is 50.8 Å². The van der Waals surface area contributed by atoms with E-state index < -0.39 is 53.7 Å². The number of rotatable bonds is 17. The van der Waals surface area contributed by atoms with Gasteiger partial charge in [-0.25, -0.2) is 24.5 Å². The molecule has 62 heavy (non-hydrogen) atoms. The Morgan fingerprint density at radius 3 is 2.63 bits per heavy atom. The van der Waals surface area contributed by atoms with Crippen molar-refractivity contribution in [1.82, 2.24) is 24.8 Å². The van der Waals surface area contributed by atoms with E-state index in [1.165, 1.54) is 29.0 Å². The van der Waals surface area contributed by atoms with Crippen LogP contribution in [0.3, 0.4) is 0 Å². The molecule has 4 heterocycles. The molecule has 1 unspecified atom stereocenters. The molecule has 0 bridgehead atoms. The number of esters is 1. The second-order valence-electron chi connectivity index (χ2n) is 19.2. The Hall–Kier alpha value is -3.39. The van der Waals surface area contributed by atoms with Crippen LogP contribution in [-0.4, -0.2) is 130 Å². The number of hydrogen-bond donors (Lipinski definition) is 7. The highest BCUT2D eigenvalue weighted by Crippen LogP contribution is 2.70. The Morgan fingerprint density at radius 1 is 1.03 bits per heavy atom. The van der Waals surface area contributed by atoms with Crippen molar-refractivity contribution in [2.75, 3.05) is 30.5 Å². The van der Waals surface area contributed by atoms with Gasteiger partial charge in [-0.1, -0.05) is 20.3 Å². The number of carbonyl (C=O) groups is 3. The number of nitrogens with zero attached hydrogens (tertiary/aromatic N) is 4. The van der Waals surface area contributed by atoms with Gasteiger partial charge in [-0.05, 0) is 123 Å². The largest absolute Gasteiger partial charge is 0.480 e. The van der Waals surface area contributed by atoms with E-state index in [-0.39, 0.29) is 66.4 Å². The molecule has 0 aromatic carbocycles. The summed E-state index contributed by atoms with van der Waals surface area (Å²) in [4.78, 5) is 48.9. The molecule has 2 aliphatic heterocycles. The average molecular weight is 885 g/mol. The number of thioether (sulfide) groups is 1. The molecule has 1 amide bonds. The summed E-state index contributed by atoms with van der Waals surface area (Å²) in [5, 5.41) is 58.2. The van der Waals surface area contributed by atoms with E-state index in [9.17, 15) is 39.9 Å². The number of nitrogens with one attached hydrogen (secondary N) is 1. The predicted molar refractivity (Wildman–Crippen MR) is 227 cm³/mol. The van der Waals surface area contributed by atoms with E-state index in [0.29, 0.717) is 60.9 Å². The number of nitrogens with two attached hydrogens (primary N) is 1. The van der Waals surface area contributed by atoms with Crippen molar-refractivity contribution in [3.8, 4) is 0 Å². The number of carbonyl (C=O) groups excluding carboxylic acids is 2. The third kappa shape index (κ3) is 8.26. The molecular weight excluding hydrogens is 821 g/mol. The van der Waals surface area contributed by atoms with Crippen LogP contribution in [0.15, 0.2) is 24.3 Å². The minimum Gasteiger partial charge on any atom is -0.480 e. The number of imidazole rings is 1. The second-order valence-corrected chi connectivity index (χ2v) is 20.4. The van der Waals surface area contributed by atoms with Gasteiger partial charge in [0, 0.05) is 24.5 Å². The number of amides is 1. The summed E-state index contributed by atoms with van der Waals surface area (Å²) in [6.45, 7) is 5.28. The maximum absolute atomic E-state index is 12.7. The van der Waals surface area contributed by atoms with Crippen LogP contribution in [0.25, 0.3) is 11.2 Å². The van der Waals surface area contributed by atoms with Gasteiger partial charge in [0.25, 0.3) is 0 Å². The van der Waals surface area contributed by atoms with Crippen molar-refractivity contribution in [2.45, 2.75) is 152 Å². The van der Waals surface area contributed by atoms with Gasteiger partial charge in [0.05, 0.1) is 30.2 Å². The highest BCUT2D eigenvalue weighted by Gasteiger charge is 2.70. The minimum absolute atomic E-state index is 0.0120. The third-order valence-electron chi connectivity index (χ3n) is 16.2. The van der Waals surface area contributed by atoms with Gasteiger partial charge in [0.2, 0.25) is 5.91 Å². The van der Waals surface area contributed by atoms with Crippen LogP contribution in [-0.2, 0) is 28.6 Å². The molecule has 342 valence electrons. The summed E-state index contributed by atoms with van der Waals surface area (Å²) in [5.74, 6) is 0.216. The summed E-state index contributed by atoms with van der Waals surface area (Å²) in [7, 11) is 0. The molecule has 2 aromatic rings. The van der Waals surface area contributed by atoms with Crippen molar-refractivity contribution in [3.05, 3.63) is 24.3 Å². The molecule has 18 heteroatoms. The highest BCUT2D eigenvalue weighted by atomic mass is 32.2. The zero-order valence-corrected chi connectivity index (χ0v) is 36.6. The summed E-state index contributed by atoms with van der Waals surface area (Å²) < 4.78 is 19.2. The van der Waals surface area contributed by atoms with Crippen molar-refractivity contribution in [1.29, 1.82) is 0 Å². The first-order chi connectivity index (χ1) is 29.7. The van der Waals surface area contributed by atoms with E-state index in [0.717, 1.165) is 56.9 Å². The Balaban J connectivity index is 0.710. The molecule has 8 N–H and O–H groups in total. The molecule has 1 saturated heterocycles. The maximum atomic E-state index is 12.7. The standard InChI is InChI=1S/C44H64N6O11S/c1-42-13-9-26(19-25(42)7-8-28-29(42)20-32(51)43(2)27(10-14-44(28,43)58)24-18-34(53)60-21-24)59-15-5-3-4-6-33(52)49-30(41(56)57)11-16-62-17-12-31-36(54)37(55)40(61-31)50-23-48-35-38(45)46-22-47-39(35)50/h18,22-23,25-32,36-37,40,51,54-55,58H,3-17,19-21H2,1-2H3,(H,49,52)(H,56,57)(H2,45,46,47)/t25-,26-,27-,28?,29+,30+,31-,32-,36-,37-,40-,42+,43+,44+/m1/s1. The molecule has 0 radical (unpaired) electrons. The predicted octanol–water partition coefficient (Wildman–Crippen LogP) is 3.28. The lowest BCUT2D eigenvalue weighted by Gasteiger charge is -2.65. The number of aliphatic hydroxyl groups is 4. The number of aromatic nitrogens is 4. The Labute approximate surface area is 366 Å². The number of anilines is 1. The number of ether oxygens (including phenoxy) is 3. The average Bonchev–Trinajstić information content (AvgIpc) is 4.01. The van der Waals surface area contributed by atoms with Crippen LogP contribution in [0.4, 0.5) is 5.82 Å². The van der Waals surface area contributed by atoms with Crippen molar-refractivity contribution >= 4 is 46.6 Å². The van der Waals surface area contributed by atoms with Crippen LogP contribution in [0.2, 0.25) is 0 Å². The molecule has 2 aromatic heterocycles. The molecule has 6 aliphatic rings. The fourth-order valence-electron chi connectivity index (χ4n) is 12.6. The van der Waals surface area contributed by atoms with Gasteiger partial charge in [-0.2, -0.15) is 11.8 Å². The maximum Gasteiger partial charge on any atom is 0.331 e. The number of fused-ring (bicyclic) bond motifs is 6. The molecular formula is C44H64N6O11S. The molecule has 8 rings (SSSR count). The molecule has 14 atom stereocenters. The molecule has 17 nitrogen and oxygen atoms in total. The quantitative estimate of drug-likeness (QED) is 0.0888. The first kappa shape index (κ1) is 45.2. The SMILES string of the molecule is C[C@]12CC[C@@H](OCCCCCC(=O)N[C@@H](CCSCC[C@H]3O[C@@H](n4cnc5c(N)ncnc54)[C@H](O)[C@@H]3O)C(=O)O)C[C@H]1CCC1[C@@H]2C[C@@H](O)[C@]2(C)[C@@H](C3=CC(=O)OC3)CC[C@]12O. The summed E-state index contributed by atoms with van der Waals surface area (Å²) >= 11 is 1.48. The normalized spacial score (nSPS) is 38.2. The van der Waals surface area contributed by atoms with Crippen molar-refractivity contribution in [2.24, 2.45) is 34.5 Å². The Morgan fingerprint density at radius 2 is 1.85 bits per heavy atom. The van der Waals surface area contributed by atoms with Crippen LogP contribution >= 0.6 is 11.8 Å². The van der Waals surface area contributed by atoms with Crippen molar-refractivity contribution in [3.63, 3.8) is 0 Å². The number of cyclic esters (lactones) is 1. The Bertz CT molecular complexity index is 2000. The Kier molecular flexibility index (Phi) is 13.3. The van der Waals surface area contributed by atoms with Gasteiger partial charge in [0.1, 0.15) is 36.7 Å². The lowest BCUT2D eigenvalue weighted by Crippen LogP contribution is -2.67. The summed E-state index contributed by atoms with van der Waals surface area (Å²) in [5.41, 5.74) is 5.86. The smallest absolute Gasteiger partial charge is 0.331 e. The fraction of sp³-hybridized carbons (Fsp3) is 0.773. The summed E-state index contributed by atoms with van der Waals surface area (Å²) in [6, 6.07) is -1.01. The van der Waals surface area contributed by atoms with E-state index in [1.54, 1.807) is 6.08 Å². The number of carboxylic acid groups (broad SMARTS) is 1. The van der Waals surface area contributed by atoms with Gasteiger partial charge in [0.15, 0.2) is 17.7 Å². The van der Waals surface area contributed by atoms with Gasteiger partial charge >= 0.3 is 11.9 Å². The fourth-order valence-corrected chi connectivity index (χ4v) is 13.6. The molecule has 5 fully saturated rings. The van der Waals surface area contributed by atoms with E-state index >= 15 is 0 Å². The van der Waals surface area contributed by atoms with Crippen LogP contribution in [0.1, 0.15) is 110 Å². The number of hydrogen-bond acceptors (Lipinski definition) is 15. The zero-order valence-electron chi connectivity index (χ0n) is 35.8. The zero-order chi connectivity index (χ0) is 44.0. The first-order valence-electron chi connectivity index (χ1n) is 22.6. The van der Waals surface area contributed by atoms with E-state index in [1.807, 2.05) is 6.92 Å². The first-order valence-corrected chi connectivity index (χ1v) is 23.7. The number of nitrogen functional groups attached to an aromatic ring is 1. The topological polar surface area (TPSA) is 262 Å². The monoisotopic (exact) mass is 884 g/mol. The number of carboxylic acids is 1. The molecule has 4 saturated carbocycles. The minimum atomic E-state index is -1.21. The van der Waals surface area contributed by atoms with E-state index in [4.69, 9.17) is 19.9 Å². The summed E-state index contributed by atoms with van der Waals surface area (Å²) in [6.07, 6.45) is 9.87. The van der Waals surface area contributed by atoms with Gasteiger partial charge in [-0.15, -0.1) is 0 Å².